The number of rotatable bonds is 3. The molecule has 6 rings (SSSR count). The summed E-state index contributed by atoms with van der Waals surface area (Å²) < 4.78 is 31.6. The number of nitrogens with zero attached hydrogens (tertiary/aromatic N) is 3. The normalized spacial score (nSPS) is 10.3. The minimum atomic E-state index is -4.67. The van der Waals surface area contributed by atoms with Crippen LogP contribution < -0.4 is 0 Å². The summed E-state index contributed by atoms with van der Waals surface area (Å²) in [5.41, 5.74) is 0.745. The molecule has 0 aliphatic carbocycles. The van der Waals surface area contributed by atoms with E-state index in [0.29, 0.717) is 0 Å². The lowest BCUT2D eigenvalue weighted by Gasteiger charge is -1.99. The summed E-state index contributed by atoms with van der Waals surface area (Å²) in [7, 11) is -4.67. The highest BCUT2D eigenvalue weighted by Crippen LogP contribution is 2.18. The quantitative estimate of drug-likeness (QED) is 0.162. The molecule has 0 fully saturated rings. The van der Waals surface area contributed by atoms with E-state index in [2.05, 4.69) is 15.0 Å². The lowest BCUT2D eigenvalue weighted by Crippen LogP contribution is -1.97. The maximum atomic E-state index is 10.8. The van der Waals surface area contributed by atoms with E-state index in [1.807, 2.05) is 54.6 Å². The Morgan fingerprint density at radius 1 is 0.455 bits per heavy atom. The van der Waals surface area contributed by atoms with Gasteiger partial charge in [-0.15, -0.1) is 0 Å². The van der Waals surface area contributed by atoms with E-state index in [-0.39, 0.29) is 16.7 Å². The largest absolute Gasteiger partial charge is 0.478 e. The molecule has 0 bridgehead atoms. The average Bonchev–Trinajstić information content (AvgIpc) is 3.00. The lowest BCUT2D eigenvalue weighted by atomic mass is 10.1. The molecule has 44 heavy (non-hydrogen) atoms. The van der Waals surface area contributed by atoms with Crippen LogP contribution in [0.1, 0.15) is 31.1 Å². The van der Waals surface area contributed by atoms with E-state index in [1.54, 1.807) is 36.8 Å². The van der Waals surface area contributed by atoms with Crippen molar-refractivity contribution >= 4 is 60.6 Å². The van der Waals surface area contributed by atoms with Gasteiger partial charge in [-0.05, 0) is 16.2 Å². The van der Waals surface area contributed by atoms with Gasteiger partial charge in [-0.3, -0.25) is 24.1 Å². The standard InChI is InChI=1S/3C10H7NO2.H2O4S/c3*12-10(13)9-6-11-5-7-3-1-2-4-8(7)9;1-5(2,3)4/h3*1-6H,(H,12,13);(H2,1,2,3,4). The molecule has 0 aliphatic rings. The van der Waals surface area contributed by atoms with Crippen molar-refractivity contribution in [1.82, 2.24) is 15.0 Å². The SMILES string of the molecule is O=C(O)c1cncc2ccccc12.O=C(O)c1cncc2ccccc12.O=C(O)c1cncc2ccccc12.O=S(=O)(O)O. The summed E-state index contributed by atoms with van der Waals surface area (Å²) in [4.78, 5) is 43.9. The third-order valence-corrected chi connectivity index (χ3v) is 5.70. The minimum Gasteiger partial charge on any atom is -0.478 e. The van der Waals surface area contributed by atoms with Gasteiger partial charge in [0.1, 0.15) is 0 Å². The molecule has 0 amide bonds. The van der Waals surface area contributed by atoms with Crippen molar-refractivity contribution in [3.05, 3.63) is 127 Å². The van der Waals surface area contributed by atoms with Gasteiger partial charge in [0.25, 0.3) is 0 Å². The zero-order valence-electron chi connectivity index (χ0n) is 22.4. The second-order valence-corrected chi connectivity index (χ2v) is 9.48. The molecule has 6 aromatic rings. The second kappa shape index (κ2) is 14.9. The average molecular weight is 618 g/mol. The Morgan fingerprint density at radius 3 is 0.909 bits per heavy atom. The van der Waals surface area contributed by atoms with Gasteiger partial charge in [0, 0.05) is 53.3 Å². The highest BCUT2D eigenvalue weighted by atomic mass is 32.3. The number of benzene rings is 3. The molecule has 3 aromatic heterocycles. The van der Waals surface area contributed by atoms with E-state index < -0.39 is 28.3 Å². The van der Waals surface area contributed by atoms with Crippen LogP contribution in [-0.4, -0.2) is 65.7 Å². The zero-order valence-corrected chi connectivity index (χ0v) is 23.2. The molecule has 0 aliphatic heterocycles. The molecule has 0 spiro atoms. The first-order chi connectivity index (χ1) is 20.9. The van der Waals surface area contributed by atoms with Crippen molar-refractivity contribution in [2.75, 3.05) is 0 Å². The van der Waals surface area contributed by atoms with Gasteiger partial charge in [-0.1, -0.05) is 72.8 Å². The molecule has 0 atom stereocenters. The Kier molecular flexibility index (Phi) is 11.1. The monoisotopic (exact) mass is 617 g/mol. The molecule has 0 unspecified atom stereocenters. The fourth-order valence-electron chi connectivity index (χ4n) is 3.86. The van der Waals surface area contributed by atoms with E-state index in [0.717, 1.165) is 32.3 Å². The van der Waals surface area contributed by atoms with Crippen LogP contribution in [0.3, 0.4) is 0 Å². The maximum absolute atomic E-state index is 10.8. The molecule has 3 aromatic carbocycles. The predicted octanol–water partition coefficient (Wildman–Crippen LogP) is 5.15. The Labute approximate surface area is 249 Å². The lowest BCUT2D eigenvalue weighted by molar-refractivity contribution is 0.0687. The maximum Gasteiger partial charge on any atom is 0.394 e. The number of hydrogen-bond donors (Lipinski definition) is 5. The summed E-state index contributed by atoms with van der Waals surface area (Å²) in [6, 6.07) is 21.9. The Bertz CT molecular complexity index is 1830. The van der Waals surface area contributed by atoms with Crippen LogP contribution in [-0.2, 0) is 10.4 Å². The van der Waals surface area contributed by atoms with Gasteiger partial charge in [-0.25, -0.2) is 14.4 Å². The summed E-state index contributed by atoms with van der Waals surface area (Å²) in [6.45, 7) is 0. The van der Waals surface area contributed by atoms with Crippen LogP contribution in [0.25, 0.3) is 32.3 Å². The van der Waals surface area contributed by atoms with Crippen molar-refractivity contribution < 1.29 is 47.2 Å². The molecule has 0 radical (unpaired) electrons. The molecule has 224 valence electrons. The van der Waals surface area contributed by atoms with E-state index in [1.165, 1.54) is 18.6 Å². The third-order valence-electron chi connectivity index (χ3n) is 5.70. The molecule has 0 saturated heterocycles. The number of carbonyl (C=O) groups is 3. The number of hydrogen-bond acceptors (Lipinski definition) is 8. The summed E-state index contributed by atoms with van der Waals surface area (Å²) in [6.07, 6.45) is 9.06. The number of aromatic nitrogens is 3. The molecular weight excluding hydrogens is 594 g/mol. The van der Waals surface area contributed by atoms with Crippen LogP contribution in [0.4, 0.5) is 0 Å². The fourth-order valence-corrected chi connectivity index (χ4v) is 3.86. The van der Waals surface area contributed by atoms with Crippen LogP contribution >= 0.6 is 0 Å². The van der Waals surface area contributed by atoms with Gasteiger partial charge in [0.15, 0.2) is 0 Å². The molecular formula is C30H23N3O10S. The Morgan fingerprint density at radius 2 is 0.682 bits per heavy atom. The highest BCUT2D eigenvalue weighted by Gasteiger charge is 2.08. The minimum absolute atomic E-state index is 0.248. The highest BCUT2D eigenvalue weighted by molar-refractivity contribution is 7.79. The van der Waals surface area contributed by atoms with Crippen LogP contribution in [0.15, 0.2) is 110 Å². The first-order valence-electron chi connectivity index (χ1n) is 12.2. The fraction of sp³-hybridized carbons (Fsp3) is 0. The van der Waals surface area contributed by atoms with Gasteiger partial charge in [-0.2, -0.15) is 8.42 Å². The molecule has 0 saturated carbocycles. The van der Waals surface area contributed by atoms with Crippen LogP contribution in [0.5, 0.6) is 0 Å². The summed E-state index contributed by atoms with van der Waals surface area (Å²) >= 11 is 0. The number of carboxylic acids is 3. The predicted molar refractivity (Wildman–Crippen MR) is 160 cm³/mol. The Balaban J connectivity index is 0.000000168. The van der Waals surface area contributed by atoms with Crippen LogP contribution in [0, 0.1) is 0 Å². The molecule has 13 nitrogen and oxygen atoms in total. The van der Waals surface area contributed by atoms with Crippen molar-refractivity contribution in [1.29, 1.82) is 0 Å². The van der Waals surface area contributed by atoms with Crippen molar-refractivity contribution in [2.24, 2.45) is 0 Å². The summed E-state index contributed by atoms with van der Waals surface area (Å²) in [5.74, 6) is -2.82. The van der Waals surface area contributed by atoms with E-state index in [9.17, 15) is 14.4 Å². The zero-order chi connectivity index (χ0) is 32.3. The van der Waals surface area contributed by atoms with Gasteiger partial charge < -0.3 is 15.3 Å². The first kappa shape index (κ1) is 32.7. The van der Waals surface area contributed by atoms with Crippen molar-refractivity contribution in [3.63, 3.8) is 0 Å². The van der Waals surface area contributed by atoms with Gasteiger partial charge in [0.05, 0.1) is 16.7 Å². The Hall–Kier alpha value is -5.83. The van der Waals surface area contributed by atoms with Crippen molar-refractivity contribution in [2.45, 2.75) is 0 Å². The number of pyridine rings is 3. The van der Waals surface area contributed by atoms with Gasteiger partial charge in [0.2, 0.25) is 0 Å². The second-order valence-electron chi connectivity index (χ2n) is 8.59. The van der Waals surface area contributed by atoms with E-state index in [4.69, 9.17) is 32.8 Å². The third kappa shape index (κ3) is 9.35. The first-order valence-corrected chi connectivity index (χ1v) is 13.6. The molecule has 5 N–H and O–H groups in total. The smallest absolute Gasteiger partial charge is 0.394 e. The summed E-state index contributed by atoms with van der Waals surface area (Å²) in [5, 5.41) is 31.3. The number of fused-ring (bicyclic) bond motifs is 3. The van der Waals surface area contributed by atoms with E-state index >= 15 is 0 Å². The molecule has 14 heteroatoms. The topological polar surface area (TPSA) is 225 Å². The number of aromatic carboxylic acids is 3. The van der Waals surface area contributed by atoms with Crippen molar-refractivity contribution in [3.8, 4) is 0 Å². The number of carboxylic acid groups (broad SMARTS) is 3. The molecule has 3 heterocycles. The van der Waals surface area contributed by atoms with Crippen LogP contribution in [0.2, 0.25) is 0 Å². The van der Waals surface area contributed by atoms with Gasteiger partial charge >= 0.3 is 28.3 Å².